The van der Waals surface area contributed by atoms with Gasteiger partial charge in [-0.3, -0.25) is 0 Å². The molecule has 0 radical (unpaired) electrons. The largest absolute Gasteiger partial charge is 0.490 e. The third kappa shape index (κ3) is 5.09. The number of hydrogen-bond acceptors (Lipinski definition) is 4. The molecule has 0 aliphatic heterocycles. The summed E-state index contributed by atoms with van der Waals surface area (Å²) in [5.74, 6) is 0.710. The summed E-state index contributed by atoms with van der Waals surface area (Å²) in [6, 6.07) is 9.93. The van der Waals surface area contributed by atoms with Gasteiger partial charge in [0.25, 0.3) is 0 Å². The summed E-state index contributed by atoms with van der Waals surface area (Å²) >= 11 is 6.28. The Morgan fingerprint density at radius 1 is 1.12 bits per heavy atom. The monoisotopic (exact) mass is 353 g/mol. The van der Waals surface area contributed by atoms with Crippen LogP contribution in [0.15, 0.2) is 36.4 Å². The molecule has 0 saturated heterocycles. The van der Waals surface area contributed by atoms with E-state index in [1.54, 1.807) is 30.3 Å². The number of benzene rings is 2. The predicted molar refractivity (Wildman–Crippen MR) is 92.1 cm³/mol. The van der Waals surface area contributed by atoms with Gasteiger partial charge in [0, 0.05) is 29.7 Å². The molecule has 0 bridgehead atoms. The van der Waals surface area contributed by atoms with Crippen LogP contribution in [0, 0.1) is 5.82 Å². The van der Waals surface area contributed by atoms with Crippen molar-refractivity contribution in [3.63, 3.8) is 0 Å². The van der Waals surface area contributed by atoms with Crippen LogP contribution in [-0.4, -0.2) is 24.9 Å². The Balaban J connectivity index is 2.15. The molecule has 6 heteroatoms. The highest BCUT2D eigenvalue weighted by Crippen LogP contribution is 2.34. The summed E-state index contributed by atoms with van der Waals surface area (Å²) in [5.41, 5.74) is 1.30. The Bertz CT molecular complexity index is 667. The average Bonchev–Trinajstić information content (AvgIpc) is 2.57. The first-order valence-electron chi connectivity index (χ1n) is 7.78. The molecule has 0 atom stereocenters. The fraction of sp³-hybridized carbons (Fsp3) is 0.333. The Morgan fingerprint density at radius 3 is 2.58 bits per heavy atom. The highest BCUT2D eigenvalue weighted by atomic mass is 35.5. The van der Waals surface area contributed by atoms with Gasteiger partial charge < -0.3 is 19.9 Å². The molecule has 2 aromatic carbocycles. The Labute approximate surface area is 146 Å². The molecule has 2 N–H and O–H groups in total. The zero-order valence-corrected chi connectivity index (χ0v) is 14.3. The van der Waals surface area contributed by atoms with Gasteiger partial charge in [0.1, 0.15) is 12.4 Å². The van der Waals surface area contributed by atoms with Crippen LogP contribution in [0.3, 0.4) is 0 Å². The summed E-state index contributed by atoms with van der Waals surface area (Å²) in [6.45, 7) is 3.48. The Kier molecular flexibility index (Phi) is 7.31. The summed E-state index contributed by atoms with van der Waals surface area (Å²) in [6.07, 6.45) is 0. The van der Waals surface area contributed by atoms with Gasteiger partial charge in [-0.2, -0.15) is 0 Å². The van der Waals surface area contributed by atoms with E-state index in [-0.39, 0.29) is 19.0 Å². The molecular weight excluding hydrogens is 333 g/mol. The smallest absolute Gasteiger partial charge is 0.163 e. The van der Waals surface area contributed by atoms with E-state index in [2.05, 4.69) is 5.32 Å². The van der Waals surface area contributed by atoms with Gasteiger partial charge in [0.15, 0.2) is 11.5 Å². The standard InChI is InChI=1S/C18H21ClFNO3/c1-2-23-17-9-14(11-21-7-8-22)15(19)10-18(17)24-12-13-5-3-4-6-16(13)20/h3-6,9-10,21-22H,2,7-8,11-12H2,1H3. The van der Waals surface area contributed by atoms with Gasteiger partial charge in [-0.05, 0) is 24.6 Å². The maximum atomic E-state index is 13.7. The normalized spacial score (nSPS) is 10.7. The van der Waals surface area contributed by atoms with E-state index in [0.29, 0.717) is 41.8 Å². The lowest BCUT2D eigenvalue weighted by Gasteiger charge is -2.15. The van der Waals surface area contributed by atoms with E-state index >= 15 is 0 Å². The van der Waals surface area contributed by atoms with Gasteiger partial charge in [-0.15, -0.1) is 0 Å². The molecule has 130 valence electrons. The maximum Gasteiger partial charge on any atom is 0.163 e. The fourth-order valence-electron chi connectivity index (χ4n) is 2.17. The van der Waals surface area contributed by atoms with Crippen LogP contribution in [0.5, 0.6) is 11.5 Å². The maximum absolute atomic E-state index is 13.7. The number of hydrogen-bond donors (Lipinski definition) is 2. The van der Waals surface area contributed by atoms with Crippen molar-refractivity contribution in [3.8, 4) is 11.5 Å². The SMILES string of the molecule is CCOc1cc(CNCCO)c(Cl)cc1OCc1ccccc1F. The molecule has 0 aromatic heterocycles. The zero-order valence-electron chi connectivity index (χ0n) is 13.5. The van der Waals surface area contributed by atoms with E-state index in [1.807, 2.05) is 6.92 Å². The Morgan fingerprint density at radius 2 is 1.88 bits per heavy atom. The van der Waals surface area contributed by atoms with Gasteiger partial charge in [-0.25, -0.2) is 4.39 Å². The van der Waals surface area contributed by atoms with E-state index in [1.165, 1.54) is 6.07 Å². The molecule has 0 aliphatic rings. The lowest BCUT2D eigenvalue weighted by molar-refractivity contribution is 0.265. The average molecular weight is 354 g/mol. The van der Waals surface area contributed by atoms with E-state index in [0.717, 1.165) is 5.56 Å². The van der Waals surface area contributed by atoms with E-state index in [9.17, 15) is 4.39 Å². The minimum absolute atomic E-state index is 0.0553. The summed E-state index contributed by atoms with van der Waals surface area (Å²) in [4.78, 5) is 0. The minimum Gasteiger partial charge on any atom is -0.490 e. The van der Waals surface area contributed by atoms with Crippen molar-refractivity contribution in [2.45, 2.75) is 20.1 Å². The molecule has 0 saturated carbocycles. The van der Waals surface area contributed by atoms with Crippen molar-refractivity contribution >= 4 is 11.6 Å². The first kappa shape index (κ1) is 18.5. The molecule has 0 unspecified atom stereocenters. The second-order valence-electron chi connectivity index (χ2n) is 5.10. The van der Waals surface area contributed by atoms with Crippen LogP contribution < -0.4 is 14.8 Å². The number of ether oxygens (including phenoxy) is 2. The quantitative estimate of drug-likeness (QED) is 0.677. The molecule has 0 spiro atoms. The third-order valence-electron chi connectivity index (χ3n) is 3.36. The van der Waals surface area contributed by atoms with Crippen LogP contribution in [0.4, 0.5) is 4.39 Å². The zero-order chi connectivity index (χ0) is 17.4. The Hall–Kier alpha value is -1.82. The predicted octanol–water partition coefficient (Wildman–Crippen LogP) is 3.54. The van der Waals surface area contributed by atoms with Crippen molar-refractivity contribution in [2.75, 3.05) is 19.8 Å². The summed E-state index contributed by atoms with van der Waals surface area (Å²) in [5, 5.41) is 12.4. The number of aliphatic hydroxyl groups excluding tert-OH is 1. The van der Waals surface area contributed by atoms with Gasteiger partial charge >= 0.3 is 0 Å². The molecule has 2 rings (SSSR count). The summed E-state index contributed by atoms with van der Waals surface area (Å²) in [7, 11) is 0. The van der Waals surface area contributed by atoms with Gasteiger partial charge in [0.2, 0.25) is 0 Å². The first-order valence-corrected chi connectivity index (χ1v) is 8.16. The molecular formula is C18H21ClFNO3. The molecule has 2 aromatic rings. The molecule has 0 heterocycles. The van der Waals surface area contributed by atoms with Crippen molar-refractivity contribution in [2.24, 2.45) is 0 Å². The third-order valence-corrected chi connectivity index (χ3v) is 3.71. The molecule has 24 heavy (non-hydrogen) atoms. The van der Waals surface area contributed by atoms with Crippen molar-refractivity contribution in [3.05, 3.63) is 58.4 Å². The number of aliphatic hydroxyl groups is 1. The highest BCUT2D eigenvalue weighted by molar-refractivity contribution is 6.31. The molecule has 0 amide bonds. The molecule has 0 aliphatic carbocycles. The van der Waals surface area contributed by atoms with E-state index in [4.69, 9.17) is 26.2 Å². The van der Waals surface area contributed by atoms with Crippen molar-refractivity contribution in [1.82, 2.24) is 5.32 Å². The molecule has 0 fully saturated rings. The van der Waals surface area contributed by atoms with Crippen LogP contribution in [0.2, 0.25) is 5.02 Å². The summed E-state index contributed by atoms with van der Waals surface area (Å²) < 4.78 is 25.0. The number of nitrogens with one attached hydrogen (secondary N) is 1. The van der Waals surface area contributed by atoms with Crippen LogP contribution in [0.1, 0.15) is 18.1 Å². The van der Waals surface area contributed by atoms with Crippen molar-refractivity contribution < 1.29 is 19.0 Å². The topological polar surface area (TPSA) is 50.7 Å². The fourth-order valence-corrected chi connectivity index (χ4v) is 2.39. The highest BCUT2D eigenvalue weighted by Gasteiger charge is 2.12. The first-order chi connectivity index (χ1) is 11.7. The van der Waals surface area contributed by atoms with Crippen molar-refractivity contribution in [1.29, 1.82) is 0 Å². The lowest BCUT2D eigenvalue weighted by atomic mass is 10.2. The van der Waals surface area contributed by atoms with Crippen LogP contribution in [-0.2, 0) is 13.2 Å². The van der Waals surface area contributed by atoms with Crippen LogP contribution in [0.25, 0.3) is 0 Å². The van der Waals surface area contributed by atoms with Gasteiger partial charge in [0.05, 0.1) is 13.2 Å². The second-order valence-corrected chi connectivity index (χ2v) is 5.51. The van der Waals surface area contributed by atoms with E-state index < -0.39 is 0 Å². The van der Waals surface area contributed by atoms with Crippen LogP contribution >= 0.6 is 11.6 Å². The lowest BCUT2D eigenvalue weighted by Crippen LogP contribution is -2.17. The second kappa shape index (κ2) is 9.47. The minimum atomic E-state index is -0.314. The number of halogens is 2. The number of rotatable bonds is 9. The van der Waals surface area contributed by atoms with Gasteiger partial charge in [-0.1, -0.05) is 29.8 Å². The molecule has 4 nitrogen and oxygen atoms in total.